The first-order valence-electron chi connectivity index (χ1n) is 6.47. The second-order valence-electron chi connectivity index (χ2n) is 4.84. The van der Waals surface area contributed by atoms with Gasteiger partial charge in [-0.2, -0.15) is 0 Å². The Morgan fingerprint density at radius 2 is 1.62 bits per heavy atom. The van der Waals surface area contributed by atoms with Crippen LogP contribution in [0.1, 0.15) is 5.56 Å². The van der Waals surface area contributed by atoms with Gasteiger partial charge >= 0.3 is 5.97 Å². The molecule has 0 fully saturated rings. The molecule has 0 heterocycles. The number of carboxylic acids is 1. The van der Waals surface area contributed by atoms with Gasteiger partial charge in [-0.1, -0.05) is 0 Å². The summed E-state index contributed by atoms with van der Waals surface area (Å²) in [5.74, 6) is -4.29. The van der Waals surface area contributed by atoms with Crippen molar-refractivity contribution in [1.82, 2.24) is 0 Å². The minimum atomic E-state index is -1.27. The second kappa shape index (κ2) is 7.87. The van der Waals surface area contributed by atoms with E-state index in [2.05, 4.69) is 0 Å². The van der Waals surface area contributed by atoms with Crippen LogP contribution in [0.15, 0.2) is 24.3 Å². The Hall–Kier alpha value is -1.08. The van der Waals surface area contributed by atoms with Crippen molar-refractivity contribution in [3.8, 4) is 11.5 Å². The topological polar surface area (TPSA) is 72.5 Å². The van der Waals surface area contributed by atoms with Crippen LogP contribution in [0, 0.1) is 24.6 Å². The van der Waals surface area contributed by atoms with E-state index in [-0.39, 0.29) is 24.9 Å². The summed E-state index contributed by atoms with van der Waals surface area (Å²) in [5, 5.41) is 8.74. The normalized spacial score (nSPS) is 12.1. The fraction of sp³-hybridized carbons (Fsp3) is 0.133. The van der Waals surface area contributed by atoms with Crippen LogP contribution >= 0.6 is 45.2 Å². The van der Waals surface area contributed by atoms with Gasteiger partial charge in [-0.05, 0) is 81.4 Å². The molecule has 0 amide bonds. The zero-order valence-corrected chi connectivity index (χ0v) is 16.1. The maximum absolute atomic E-state index is 14.1. The molecule has 0 radical (unpaired) electrons. The van der Waals surface area contributed by atoms with Crippen LogP contribution in [0.4, 0.5) is 13.2 Å². The summed E-state index contributed by atoms with van der Waals surface area (Å²) in [7, 11) is 0. The maximum Gasteiger partial charge on any atom is 0.320 e. The average molecular weight is 563 g/mol. The Morgan fingerprint density at radius 3 is 2.08 bits per heavy atom. The highest BCUT2D eigenvalue weighted by Gasteiger charge is 2.18. The van der Waals surface area contributed by atoms with Gasteiger partial charge in [0.2, 0.25) is 0 Å². The summed E-state index contributed by atoms with van der Waals surface area (Å²) >= 11 is 3.49. The zero-order valence-electron chi connectivity index (χ0n) is 11.8. The summed E-state index contributed by atoms with van der Waals surface area (Å²) in [6, 6.07) is 3.27. The first kappa shape index (κ1) is 19.2. The Morgan fingerprint density at radius 1 is 1.12 bits per heavy atom. The first-order chi connectivity index (χ1) is 11.2. The summed E-state index contributed by atoms with van der Waals surface area (Å²) in [4.78, 5) is 10.7. The molecule has 1 unspecified atom stereocenters. The van der Waals surface area contributed by atoms with Crippen molar-refractivity contribution >= 4 is 51.2 Å². The molecule has 9 heteroatoms. The molecule has 0 saturated heterocycles. The van der Waals surface area contributed by atoms with E-state index in [0.29, 0.717) is 0 Å². The van der Waals surface area contributed by atoms with Crippen molar-refractivity contribution in [2.24, 2.45) is 5.73 Å². The third-order valence-electron chi connectivity index (χ3n) is 3.01. The fourth-order valence-corrected chi connectivity index (χ4v) is 3.59. The van der Waals surface area contributed by atoms with E-state index >= 15 is 0 Å². The first-order valence-corrected chi connectivity index (χ1v) is 8.63. The van der Waals surface area contributed by atoms with E-state index in [0.717, 1.165) is 12.1 Å². The van der Waals surface area contributed by atoms with E-state index < -0.39 is 35.2 Å². The van der Waals surface area contributed by atoms with Gasteiger partial charge in [-0.25, -0.2) is 13.2 Å². The number of carbonyl (C=O) groups is 1. The van der Waals surface area contributed by atoms with Crippen LogP contribution in [-0.4, -0.2) is 17.1 Å². The van der Waals surface area contributed by atoms with Gasteiger partial charge in [-0.3, -0.25) is 4.79 Å². The highest BCUT2D eigenvalue weighted by molar-refractivity contribution is 14.1. The van der Waals surface area contributed by atoms with Gasteiger partial charge in [0.1, 0.15) is 17.6 Å². The monoisotopic (exact) mass is 563 g/mol. The Bertz CT molecular complexity index is 756. The van der Waals surface area contributed by atoms with Crippen LogP contribution < -0.4 is 10.5 Å². The second-order valence-corrected chi connectivity index (χ2v) is 7.16. The molecule has 2 aromatic rings. The number of carboxylic acid groups (broad SMARTS) is 1. The van der Waals surface area contributed by atoms with Gasteiger partial charge in [0.25, 0.3) is 0 Å². The molecule has 4 nitrogen and oxygen atoms in total. The lowest BCUT2D eigenvalue weighted by Gasteiger charge is -2.12. The predicted molar refractivity (Wildman–Crippen MR) is 97.6 cm³/mol. The average Bonchev–Trinajstić information content (AvgIpc) is 2.48. The number of halogens is 5. The van der Waals surface area contributed by atoms with Crippen molar-refractivity contribution < 1.29 is 27.8 Å². The SMILES string of the molecule is NC(Cc1cc(F)c(Oc2cc(I)c(F)c(I)c2)c(F)c1)C(=O)O. The standard InChI is InChI=1S/C15H10F3I2NO3/c16-8-1-6(3-12(21)15(22)23)2-9(17)14(8)24-7-4-10(19)13(18)11(20)5-7/h1-2,4-5,12H,3,21H2,(H,22,23). The lowest BCUT2D eigenvalue weighted by Crippen LogP contribution is -2.32. The molecule has 3 N–H and O–H groups in total. The van der Waals surface area contributed by atoms with E-state index in [1.165, 1.54) is 12.1 Å². The zero-order chi connectivity index (χ0) is 18.0. The minimum absolute atomic E-state index is 0.0815. The van der Waals surface area contributed by atoms with Gasteiger partial charge in [0.15, 0.2) is 17.4 Å². The quantitative estimate of drug-likeness (QED) is 0.426. The van der Waals surface area contributed by atoms with Crippen LogP contribution in [0.5, 0.6) is 11.5 Å². The summed E-state index contributed by atoms with van der Waals surface area (Å²) < 4.78 is 47.5. The van der Waals surface area contributed by atoms with Crippen molar-refractivity contribution in [1.29, 1.82) is 0 Å². The molecule has 1 atom stereocenters. The largest absolute Gasteiger partial charge is 0.480 e. The third-order valence-corrected chi connectivity index (χ3v) is 4.58. The Labute approximate surface area is 162 Å². The number of benzene rings is 2. The molecule has 0 aliphatic rings. The van der Waals surface area contributed by atoms with Crippen LogP contribution in [-0.2, 0) is 11.2 Å². The number of nitrogens with two attached hydrogens (primary N) is 1. The number of hydrogen-bond acceptors (Lipinski definition) is 3. The molecule has 2 aromatic carbocycles. The third kappa shape index (κ3) is 4.51. The van der Waals surface area contributed by atoms with Crippen molar-refractivity contribution in [3.63, 3.8) is 0 Å². The van der Waals surface area contributed by atoms with Crippen molar-refractivity contribution in [2.45, 2.75) is 12.5 Å². The van der Waals surface area contributed by atoms with Crippen molar-refractivity contribution in [3.05, 3.63) is 54.4 Å². The number of hydrogen-bond donors (Lipinski definition) is 2. The molecule has 0 aliphatic heterocycles. The molecular formula is C15H10F3I2NO3. The minimum Gasteiger partial charge on any atom is -0.480 e. The molecule has 0 aliphatic carbocycles. The van der Waals surface area contributed by atoms with Gasteiger partial charge in [0.05, 0.1) is 7.14 Å². The van der Waals surface area contributed by atoms with E-state index in [1.54, 1.807) is 45.2 Å². The smallest absolute Gasteiger partial charge is 0.320 e. The number of rotatable bonds is 5. The van der Waals surface area contributed by atoms with Gasteiger partial charge in [-0.15, -0.1) is 0 Å². The number of ether oxygens (including phenoxy) is 1. The van der Waals surface area contributed by atoms with Crippen LogP contribution in [0.25, 0.3) is 0 Å². The van der Waals surface area contributed by atoms with Crippen molar-refractivity contribution in [2.75, 3.05) is 0 Å². The Balaban J connectivity index is 2.30. The molecule has 128 valence electrons. The fourth-order valence-electron chi connectivity index (χ4n) is 1.88. The van der Waals surface area contributed by atoms with Crippen LogP contribution in [0.2, 0.25) is 0 Å². The van der Waals surface area contributed by atoms with E-state index in [1.807, 2.05) is 0 Å². The maximum atomic E-state index is 14.1. The lowest BCUT2D eigenvalue weighted by atomic mass is 10.1. The molecule has 0 bridgehead atoms. The van der Waals surface area contributed by atoms with Crippen LogP contribution in [0.3, 0.4) is 0 Å². The van der Waals surface area contributed by atoms with E-state index in [9.17, 15) is 18.0 Å². The summed E-state index contributed by atoms with van der Waals surface area (Å²) in [6.07, 6.45) is -0.226. The number of aliphatic carboxylic acids is 1. The van der Waals surface area contributed by atoms with Gasteiger partial charge in [0, 0.05) is 0 Å². The predicted octanol–water partition coefficient (Wildman–Crippen LogP) is 4.06. The highest BCUT2D eigenvalue weighted by atomic mass is 127. The lowest BCUT2D eigenvalue weighted by molar-refractivity contribution is -0.138. The molecule has 24 heavy (non-hydrogen) atoms. The van der Waals surface area contributed by atoms with Gasteiger partial charge < -0.3 is 15.6 Å². The highest BCUT2D eigenvalue weighted by Crippen LogP contribution is 2.32. The molecule has 0 aromatic heterocycles. The Kier molecular flexibility index (Phi) is 6.31. The molecule has 2 rings (SSSR count). The summed E-state index contributed by atoms with van der Waals surface area (Å²) in [5.41, 5.74) is 5.44. The molecule has 0 spiro atoms. The summed E-state index contributed by atoms with van der Waals surface area (Å²) in [6.45, 7) is 0. The molecular weight excluding hydrogens is 553 g/mol. The molecule has 0 saturated carbocycles. The van der Waals surface area contributed by atoms with E-state index in [4.69, 9.17) is 15.6 Å².